The van der Waals surface area contributed by atoms with Crippen LogP contribution in [-0.2, 0) is 19.4 Å². The number of rotatable bonds is 5. The van der Waals surface area contributed by atoms with Crippen LogP contribution in [0.1, 0.15) is 38.1 Å². The van der Waals surface area contributed by atoms with Crippen LogP contribution in [0.2, 0.25) is 0 Å². The van der Waals surface area contributed by atoms with Crippen molar-refractivity contribution in [1.82, 2.24) is 9.55 Å². The fourth-order valence-electron chi connectivity index (χ4n) is 2.95. The van der Waals surface area contributed by atoms with Gasteiger partial charge < -0.3 is 15.0 Å². The summed E-state index contributed by atoms with van der Waals surface area (Å²) < 4.78 is 7.74. The molecule has 4 nitrogen and oxygen atoms in total. The zero-order valence-corrected chi connectivity index (χ0v) is 12.9. The molecule has 1 aliphatic rings. The molecule has 0 aliphatic carbocycles. The fraction of sp³-hybridized carbons (Fsp3) is 0.471. The molecule has 0 atom stereocenters. The van der Waals surface area contributed by atoms with Crippen molar-refractivity contribution < 1.29 is 4.74 Å². The molecule has 2 heterocycles. The van der Waals surface area contributed by atoms with E-state index in [0.29, 0.717) is 0 Å². The highest BCUT2D eigenvalue weighted by Gasteiger charge is 2.18. The molecule has 0 amide bonds. The summed E-state index contributed by atoms with van der Waals surface area (Å²) in [4.78, 5) is 4.81. The van der Waals surface area contributed by atoms with E-state index in [1.165, 1.54) is 5.56 Å². The molecule has 0 saturated heterocycles. The molecule has 21 heavy (non-hydrogen) atoms. The molecule has 2 aromatic rings. The maximum Gasteiger partial charge on any atom is 0.131 e. The van der Waals surface area contributed by atoms with Gasteiger partial charge >= 0.3 is 0 Å². The highest BCUT2D eigenvalue weighted by molar-refractivity contribution is 5.72. The summed E-state index contributed by atoms with van der Waals surface area (Å²) >= 11 is 0. The van der Waals surface area contributed by atoms with Crippen LogP contribution < -0.4 is 10.5 Å². The van der Waals surface area contributed by atoms with Crippen molar-refractivity contribution in [3.8, 4) is 17.0 Å². The van der Waals surface area contributed by atoms with Gasteiger partial charge in [0.1, 0.15) is 23.1 Å². The van der Waals surface area contributed by atoms with Gasteiger partial charge in [-0.05, 0) is 36.6 Å². The third-order valence-corrected chi connectivity index (χ3v) is 3.97. The average molecular weight is 285 g/mol. The van der Waals surface area contributed by atoms with Gasteiger partial charge in [0.05, 0.1) is 6.61 Å². The lowest BCUT2D eigenvalue weighted by atomic mass is 10.1. The molecule has 4 heteroatoms. The Morgan fingerprint density at radius 2 is 2.14 bits per heavy atom. The van der Waals surface area contributed by atoms with Crippen LogP contribution >= 0.6 is 0 Å². The number of aromatic nitrogens is 2. The maximum atomic E-state index is 6.37. The number of fused-ring (bicyclic) bond motifs is 1. The number of hydrogen-bond donors (Lipinski definition) is 1. The lowest BCUT2D eigenvalue weighted by Gasteiger charge is -2.07. The largest absolute Gasteiger partial charge is 0.493 e. The van der Waals surface area contributed by atoms with Gasteiger partial charge in [0, 0.05) is 24.9 Å². The van der Waals surface area contributed by atoms with Crippen molar-refractivity contribution in [2.24, 2.45) is 0 Å². The molecule has 1 aromatic carbocycles. The van der Waals surface area contributed by atoms with E-state index in [0.717, 1.165) is 67.5 Å². The van der Waals surface area contributed by atoms with E-state index in [9.17, 15) is 0 Å². The third kappa shape index (κ3) is 2.50. The normalized spacial score (nSPS) is 13.2. The first-order chi connectivity index (χ1) is 10.2. The van der Waals surface area contributed by atoms with Gasteiger partial charge in [-0.1, -0.05) is 13.8 Å². The van der Waals surface area contributed by atoms with Gasteiger partial charge in [-0.3, -0.25) is 0 Å². The molecule has 0 fully saturated rings. The van der Waals surface area contributed by atoms with Crippen LogP contribution in [0.5, 0.6) is 5.75 Å². The Bertz CT molecular complexity index is 646. The first kappa shape index (κ1) is 14.0. The number of nitrogens with two attached hydrogens (primary N) is 1. The summed E-state index contributed by atoms with van der Waals surface area (Å²) in [6.07, 6.45) is 4.09. The van der Waals surface area contributed by atoms with Crippen molar-refractivity contribution >= 4 is 5.82 Å². The molecule has 112 valence electrons. The zero-order valence-electron chi connectivity index (χ0n) is 12.9. The first-order valence-electron chi connectivity index (χ1n) is 7.85. The summed E-state index contributed by atoms with van der Waals surface area (Å²) in [7, 11) is 0. The van der Waals surface area contributed by atoms with E-state index in [-0.39, 0.29) is 0 Å². The quantitative estimate of drug-likeness (QED) is 0.915. The Balaban J connectivity index is 2.03. The molecule has 0 radical (unpaired) electrons. The van der Waals surface area contributed by atoms with Crippen molar-refractivity contribution in [2.45, 2.75) is 46.1 Å². The lowest BCUT2D eigenvalue weighted by molar-refractivity contribution is 0.357. The van der Waals surface area contributed by atoms with Crippen LogP contribution in [-0.4, -0.2) is 16.2 Å². The minimum Gasteiger partial charge on any atom is -0.493 e. The number of nitrogens with zero attached hydrogens (tertiary/aromatic N) is 2. The second kappa shape index (κ2) is 5.80. The highest BCUT2D eigenvalue weighted by atomic mass is 16.5. The number of hydrogen-bond acceptors (Lipinski definition) is 3. The Hall–Kier alpha value is -1.97. The smallest absolute Gasteiger partial charge is 0.131 e. The Morgan fingerprint density at radius 3 is 2.90 bits per heavy atom. The van der Waals surface area contributed by atoms with Gasteiger partial charge in [-0.25, -0.2) is 4.98 Å². The van der Waals surface area contributed by atoms with E-state index in [1.807, 2.05) is 6.07 Å². The van der Waals surface area contributed by atoms with Gasteiger partial charge in [0.2, 0.25) is 0 Å². The van der Waals surface area contributed by atoms with Crippen molar-refractivity contribution in [1.29, 1.82) is 0 Å². The van der Waals surface area contributed by atoms with Crippen LogP contribution in [0, 0.1) is 0 Å². The second-order valence-electron chi connectivity index (χ2n) is 5.58. The number of ether oxygens (including phenoxy) is 1. The zero-order chi connectivity index (χ0) is 14.8. The van der Waals surface area contributed by atoms with Gasteiger partial charge in [-0.2, -0.15) is 0 Å². The summed E-state index contributed by atoms with van der Waals surface area (Å²) in [6.45, 7) is 6.05. The number of nitrogen functional groups attached to an aromatic ring is 1. The van der Waals surface area contributed by atoms with E-state index >= 15 is 0 Å². The lowest BCUT2D eigenvalue weighted by Crippen LogP contribution is -2.06. The maximum absolute atomic E-state index is 6.37. The molecule has 0 saturated carbocycles. The monoisotopic (exact) mass is 285 g/mol. The molecule has 2 N–H and O–H groups in total. The van der Waals surface area contributed by atoms with Crippen molar-refractivity contribution in [3.05, 3.63) is 29.6 Å². The van der Waals surface area contributed by atoms with Gasteiger partial charge in [0.15, 0.2) is 0 Å². The molecule has 1 aromatic heterocycles. The molecule has 1 aliphatic heterocycles. The molecular formula is C17H23N3O. The van der Waals surface area contributed by atoms with Crippen LogP contribution in [0.4, 0.5) is 5.82 Å². The minimum absolute atomic E-state index is 0.777. The van der Waals surface area contributed by atoms with E-state index in [1.54, 1.807) is 0 Å². The number of aryl methyl sites for hydroxylation is 1. The number of imidazole rings is 1. The second-order valence-corrected chi connectivity index (χ2v) is 5.58. The topological polar surface area (TPSA) is 53.1 Å². The molecule has 0 spiro atoms. The minimum atomic E-state index is 0.777. The van der Waals surface area contributed by atoms with E-state index in [2.05, 4.69) is 30.5 Å². The third-order valence-electron chi connectivity index (χ3n) is 3.97. The average Bonchev–Trinajstić information content (AvgIpc) is 3.06. The van der Waals surface area contributed by atoms with E-state index in [4.69, 9.17) is 15.5 Å². The summed E-state index contributed by atoms with van der Waals surface area (Å²) in [5.41, 5.74) is 9.64. The Kier molecular flexibility index (Phi) is 3.86. The van der Waals surface area contributed by atoms with Crippen LogP contribution in [0.15, 0.2) is 18.2 Å². The van der Waals surface area contributed by atoms with Crippen LogP contribution in [0.25, 0.3) is 11.3 Å². The Labute approximate surface area is 125 Å². The molecule has 3 rings (SSSR count). The molecule has 0 unspecified atom stereocenters. The predicted molar refractivity (Wildman–Crippen MR) is 85.6 cm³/mol. The van der Waals surface area contributed by atoms with Crippen molar-refractivity contribution in [3.63, 3.8) is 0 Å². The van der Waals surface area contributed by atoms with Gasteiger partial charge in [0.25, 0.3) is 0 Å². The van der Waals surface area contributed by atoms with E-state index < -0.39 is 0 Å². The summed E-state index contributed by atoms with van der Waals surface area (Å²) in [5.74, 6) is 2.89. The predicted octanol–water partition coefficient (Wildman–Crippen LogP) is 3.43. The SMILES string of the molecule is CCCc1nc(-c2ccc3c(c2)CCO3)c(N)n1CCC. The Morgan fingerprint density at radius 1 is 1.29 bits per heavy atom. The fourth-order valence-corrected chi connectivity index (χ4v) is 2.95. The van der Waals surface area contributed by atoms with Gasteiger partial charge in [-0.15, -0.1) is 0 Å². The first-order valence-corrected chi connectivity index (χ1v) is 7.85. The number of benzene rings is 1. The van der Waals surface area contributed by atoms with Crippen LogP contribution in [0.3, 0.4) is 0 Å². The summed E-state index contributed by atoms with van der Waals surface area (Å²) in [5, 5.41) is 0. The molecular weight excluding hydrogens is 262 g/mol. The number of anilines is 1. The highest BCUT2D eigenvalue weighted by Crippen LogP contribution is 2.33. The van der Waals surface area contributed by atoms with Crippen molar-refractivity contribution in [2.75, 3.05) is 12.3 Å². The standard InChI is InChI=1S/C17H23N3O/c1-3-5-15-19-16(17(18)20(15)9-4-2)13-6-7-14-12(11-13)8-10-21-14/h6-7,11H,3-5,8-10,18H2,1-2H3. The molecule has 0 bridgehead atoms. The summed E-state index contributed by atoms with van der Waals surface area (Å²) in [6, 6.07) is 6.28.